The van der Waals surface area contributed by atoms with Crippen molar-refractivity contribution in [1.82, 2.24) is 0 Å². The predicted octanol–water partition coefficient (Wildman–Crippen LogP) is 1.27. The van der Waals surface area contributed by atoms with Crippen molar-refractivity contribution >= 4 is 17.6 Å². The Kier molecular flexibility index (Phi) is 3.88. The van der Waals surface area contributed by atoms with Crippen molar-refractivity contribution in [2.75, 3.05) is 6.61 Å². The highest BCUT2D eigenvalue weighted by Crippen LogP contribution is 2.20. The van der Waals surface area contributed by atoms with Gasteiger partial charge in [0.1, 0.15) is 24.2 Å². The van der Waals surface area contributed by atoms with Gasteiger partial charge in [-0.25, -0.2) is 4.39 Å². The molecule has 1 atom stereocenters. The molecule has 6 heteroatoms. The molecule has 0 amide bonds. The number of ether oxygens (including phenoxy) is 1. The van der Waals surface area contributed by atoms with Crippen LogP contribution in [0.3, 0.4) is 0 Å². The summed E-state index contributed by atoms with van der Waals surface area (Å²) in [6, 6.07) is 2.68. The van der Waals surface area contributed by atoms with Gasteiger partial charge >= 0.3 is 5.97 Å². The Labute approximate surface area is 90.4 Å². The molecule has 1 rings (SSSR count). The minimum absolute atomic E-state index is 0.0233. The fourth-order valence-corrected chi connectivity index (χ4v) is 0.941. The van der Waals surface area contributed by atoms with E-state index in [1.54, 1.807) is 0 Å². The summed E-state index contributed by atoms with van der Waals surface area (Å²) in [5, 5.41) is 8.44. The molecule has 1 aromatic rings. The van der Waals surface area contributed by atoms with Crippen LogP contribution in [0.1, 0.15) is 0 Å². The lowest BCUT2D eigenvalue weighted by molar-refractivity contribution is -0.139. The number of carboxylic acids is 1. The molecule has 4 nitrogen and oxygen atoms in total. The number of carboxylic acid groups (broad SMARTS) is 1. The van der Waals surface area contributed by atoms with Crippen LogP contribution in [0.15, 0.2) is 18.2 Å². The molecule has 0 spiro atoms. The fraction of sp³-hybridized carbons (Fsp3) is 0.222. The zero-order valence-corrected chi connectivity index (χ0v) is 8.37. The van der Waals surface area contributed by atoms with E-state index in [0.717, 1.165) is 6.07 Å². The Morgan fingerprint density at radius 3 is 2.87 bits per heavy atom. The maximum atomic E-state index is 12.9. The Balaban J connectivity index is 2.58. The number of halogens is 2. The number of hydrogen-bond acceptors (Lipinski definition) is 3. The quantitative estimate of drug-likeness (QED) is 0.822. The Bertz CT molecular complexity index is 372. The van der Waals surface area contributed by atoms with Crippen LogP contribution in [0, 0.1) is 5.82 Å². The highest BCUT2D eigenvalue weighted by Gasteiger charge is 2.12. The molecule has 0 radical (unpaired) electrons. The first-order chi connectivity index (χ1) is 7.00. The molecule has 0 aromatic heterocycles. The summed E-state index contributed by atoms with van der Waals surface area (Å²) >= 11 is 5.44. The highest BCUT2D eigenvalue weighted by molar-refractivity contribution is 6.30. The van der Waals surface area contributed by atoms with Crippen LogP contribution in [-0.4, -0.2) is 23.7 Å². The van der Waals surface area contributed by atoms with Gasteiger partial charge in [0.2, 0.25) is 0 Å². The number of aliphatic carboxylic acids is 1. The first kappa shape index (κ1) is 11.7. The molecule has 0 aliphatic carbocycles. The third-order valence-electron chi connectivity index (χ3n) is 1.64. The van der Waals surface area contributed by atoms with Crippen molar-refractivity contribution in [2.45, 2.75) is 6.04 Å². The topological polar surface area (TPSA) is 72.5 Å². The molecule has 3 N–H and O–H groups in total. The van der Waals surface area contributed by atoms with E-state index >= 15 is 0 Å². The Morgan fingerprint density at radius 2 is 2.33 bits per heavy atom. The molecule has 0 saturated heterocycles. The average molecular weight is 234 g/mol. The van der Waals surface area contributed by atoms with E-state index in [1.807, 2.05) is 0 Å². The van der Waals surface area contributed by atoms with Gasteiger partial charge in [-0.3, -0.25) is 4.79 Å². The van der Waals surface area contributed by atoms with Crippen LogP contribution in [0.4, 0.5) is 4.39 Å². The summed E-state index contributed by atoms with van der Waals surface area (Å²) in [6.07, 6.45) is 0. The monoisotopic (exact) mass is 233 g/mol. The first-order valence-corrected chi connectivity index (χ1v) is 4.44. The maximum Gasteiger partial charge on any atom is 0.324 e. The summed E-state index contributed by atoms with van der Waals surface area (Å²) in [7, 11) is 0. The average Bonchev–Trinajstić information content (AvgIpc) is 2.19. The van der Waals surface area contributed by atoms with Gasteiger partial charge in [0.05, 0.1) is 5.02 Å². The predicted molar refractivity (Wildman–Crippen MR) is 52.5 cm³/mol. The largest absolute Gasteiger partial charge is 0.491 e. The minimum atomic E-state index is -1.18. The van der Waals surface area contributed by atoms with Crippen molar-refractivity contribution in [3.05, 3.63) is 29.0 Å². The van der Waals surface area contributed by atoms with Crippen molar-refractivity contribution in [2.24, 2.45) is 5.73 Å². The van der Waals surface area contributed by atoms with E-state index in [0.29, 0.717) is 0 Å². The fourth-order valence-electron chi connectivity index (χ4n) is 0.824. The third-order valence-corrected chi connectivity index (χ3v) is 1.94. The second-order valence-corrected chi connectivity index (χ2v) is 3.24. The van der Waals surface area contributed by atoms with E-state index in [9.17, 15) is 9.18 Å². The summed E-state index contributed by atoms with van der Waals surface area (Å²) < 4.78 is 17.9. The maximum absolute atomic E-state index is 12.9. The molecular formula is C9H9ClFNO3. The summed E-state index contributed by atoms with van der Waals surface area (Å²) in [5.74, 6) is -1.61. The molecule has 15 heavy (non-hydrogen) atoms. The van der Waals surface area contributed by atoms with Crippen LogP contribution < -0.4 is 10.5 Å². The number of nitrogens with two attached hydrogens (primary N) is 1. The van der Waals surface area contributed by atoms with Gasteiger partial charge in [0.25, 0.3) is 0 Å². The van der Waals surface area contributed by atoms with Gasteiger partial charge < -0.3 is 15.6 Å². The molecule has 0 bridgehead atoms. The van der Waals surface area contributed by atoms with Gasteiger partial charge in [-0.2, -0.15) is 0 Å². The van der Waals surface area contributed by atoms with E-state index < -0.39 is 17.8 Å². The second-order valence-electron chi connectivity index (χ2n) is 2.83. The van der Waals surface area contributed by atoms with Gasteiger partial charge in [-0.15, -0.1) is 0 Å². The second kappa shape index (κ2) is 4.95. The van der Waals surface area contributed by atoms with Gasteiger partial charge in [0, 0.05) is 6.07 Å². The van der Waals surface area contributed by atoms with E-state index in [4.69, 9.17) is 27.2 Å². The van der Waals surface area contributed by atoms with E-state index in [-0.39, 0.29) is 17.4 Å². The molecule has 0 fully saturated rings. The van der Waals surface area contributed by atoms with Crippen LogP contribution >= 0.6 is 11.6 Å². The van der Waals surface area contributed by atoms with Crippen molar-refractivity contribution < 1.29 is 19.0 Å². The molecule has 1 aromatic carbocycles. The number of rotatable bonds is 4. The van der Waals surface area contributed by atoms with Crippen molar-refractivity contribution in [1.29, 1.82) is 0 Å². The lowest BCUT2D eigenvalue weighted by Gasteiger charge is -2.09. The summed E-state index contributed by atoms with van der Waals surface area (Å²) in [5.41, 5.74) is 5.19. The van der Waals surface area contributed by atoms with Crippen LogP contribution in [-0.2, 0) is 4.79 Å². The number of benzene rings is 1. The molecule has 0 heterocycles. The van der Waals surface area contributed by atoms with E-state index in [2.05, 4.69) is 0 Å². The van der Waals surface area contributed by atoms with E-state index in [1.165, 1.54) is 12.1 Å². The third kappa shape index (κ3) is 3.38. The van der Waals surface area contributed by atoms with Crippen LogP contribution in [0.5, 0.6) is 5.75 Å². The molecule has 0 aliphatic rings. The normalized spacial score (nSPS) is 12.2. The molecule has 0 unspecified atom stereocenters. The molecule has 0 saturated carbocycles. The molecule has 0 aliphatic heterocycles. The summed E-state index contributed by atoms with van der Waals surface area (Å²) in [4.78, 5) is 10.3. The van der Waals surface area contributed by atoms with Crippen LogP contribution in [0.25, 0.3) is 0 Å². The first-order valence-electron chi connectivity index (χ1n) is 4.07. The summed E-state index contributed by atoms with van der Waals surface area (Å²) in [6.45, 7) is -0.226. The Hall–Kier alpha value is -1.33. The van der Waals surface area contributed by atoms with Crippen molar-refractivity contribution in [3.8, 4) is 5.75 Å². The van der Waals surface area contributed by atoms with Crippen molar-refractivity contribution in [3.63, 3.8) is 0 Å². The van der Waals surface area contributed by atoms with Gasteiger partial charge in [0.15, 0.2) is 0 Å². The lowest BCUT2D eigenvalue weighted by Crippen LogP contribution is -2.36. The molecule has 82 valence electrons. The number of carbonyl (C=O) groups is 1. The van der Waals surface area contributed by atoms with Gasteiger partial charge in [-0.1, -0.05) is 11.6 Å². The zero-order chi connectivity index (χ0) is 11.4. The van der Waals surface area contributed by atoms with Crippen LogP contribution in [0.2, 0.25) is 5.02 Å². The Morgan fingerprint density at radius 1 is 1.67 bits per heavy atom. The standard InChI is InChI=1S/C9H9ClFNO3/c10-6-2-1-5(3-7(6)11)15-4-8(12)9(13)14/h1-3,8H,4,12H2,(H,13,14)/t8-/m0/s1. The smallest absolute Gasteiger partial charge is 0.324 e. The lowest BCUT2D eigenvalue weighted by atomic mass is 10.3. The zero-order valence-electron chi connectivity index (χ0n) is 7.61. The highest BCUT2D eigenvalue weighted by atomic mass is 35.5. The minimum Gasteiger partial charge on any atom is -0.491 e. The number of hydrogen-bond donors (Lipinski definition) is 2. The molecular weight excluding hydrogens is 225 g/mol. The van der Waals surface area contributed by atoms with Gasteiger partial charge in [-0.05, 0) is 12.1 Å². The SMILES string of the molecule is N[C@@H](COc1ccc(Cl)c(F)c1)C(=O)O.